The molecule has 1 saturated heterocycles. The molecule has 22 heavy (non-hydrogen) atoms. The number of thioether (sulfide) groups is 1. The number of phenols is 1. The highest BCUT2D eigenvalue weighted by Crippen LogP contribution is 2.29. The van der Waals surface area contributed by atoms with Gasteiger partial charge in [-0.15, -0.1) is 0 Å². The van der Waals surface area contributed by atoms with Gasteiger partial charge in [0.2, 0.25) is 0 Å². The van der Waals surface area contributed by atoms with Crippen LogP contribution in [0.3, 0.4) is 0 Å². The van der Waals surface area contributed by atoms with Crippen LogP contribution in [0, 0.1) is 5.82 Å². The smallest absolute Gasteiger partial charge is 0.264 e. The first-order valence-electron chi connectivity index (χ1n) is 6.45. The summed E-state index contributed by atoms with van der Waals surface area (Å²) in [5.74, 6) is -0.618. The molecule has 0 atom stereocenters. The second-order valence-corrected chi connectivity index (χ2v) is 5.55. The Hall–Kier alpha value is -2.60. The third kappa shape index (κ3) is 3.17. The molecule has 0 spiro atoms. The predicted octanol–water partition coefficient (Wildman–Crippen LogP) is 3.42. The molecule has 0 saturated carbocycles. The van der Waals surface area contributed by atoms with Crippen molar-refractivity contribution in [1.82, 2.24) is 5.32 Å². The van der Waals surface area contributed by atoms with E-state index in [1.807, 2.05) is 0 Å². The maximum atomic E-state index is 13.6. The van der Waals surface area contributed by atoms with Crippen molar-refractivity contribution >= 4 is 34.6 Å². The van der Waals surface area contributed by atoms with E-state index in [-0.39, 0.29) is 17.5 Å². The van der Waals surface area contributed by atoms with Crippen LogP contribution in [-0.2, 0) is 4.79 Å². The minimum absolute atomic E-state index is 0.0956. The summed E-state index contributed by atoms with van der Waals surface area (Å²) in [7, 11) is 0. The molecule has 0 aliphatic carbocycles. The van der Waals surface area contributed by atoms with Crippen LogP contribution in [0.2, 0.25) is 0 Å². The van der Waals surface area contributed by atoms with E-state index in [9.17, 15) is 14.3 Å². The predicted molar refractivity (Wildman–Crippen MR) is 85.3 cm³/mol. The Morgan fingerprint density at radius 2 is 2.00 bits per heavy atom. The number of benzene rings is 2. The highest BCUT2D eigenvalue weighted by Gasteiger charge is 2.24. The number of nitrogens with zero attached hydrogens (tertiary/aromatic N) is 1. The Morgan fingerprint density at radius 1 is 1.18 bits per heavy atom. The van der Waals surface area contributed by atoms with Crippen LogP contribution < -0.4 is 5.32 Å². The molecule has 0 aromatic heterocycles. The maximum absolute atomic E-state index is 13.6. The monoisotopic (exact) mass is 314 g/mol. The van der Waals surface area contributed by atoms with E-state index in [0.29, 0.717) is 21.3 Å². The Bertz CT molecular complexity index is 802. The number of carbonyl (C=O) groups is 1. The lowest BCUT2D eigenvalue weighted by molar-refractivity contribution is -0.115. The molecule has 2 N–H and O–H groups in total. The highest BCUT2D eigenvalue weighted by atomic mass is 32.2. The van der Waals surface area contributed by atoms with Gasteiger partial charge in [0.05, 0.1) is 10.6 Å². The van der Waals surface area contributed by atoms with Gasteiger partial charge in [0.1, 0.15) is 11.6 Å². The topological polar surface area (TPSA) is 61.7 Å². The van der Waals surface area contributed by atoms with E-state index >= 15 is 0 Å². The molecule has 1 aliphatic rings. The minimum Gasteiger partial charge on any atom is -0.508 e. The van der Waals surface area contributed by atoms with Gasteiger partial charge in [0, 0.05) is 11.6 Å². The lowest BCUT2D eigenvalue weighted by Crippen LogP contribution is -2.19. The van der Waals surface area contributed by atoms with Crippen LogP contribution in [0.5, 0.6) is 5.75 Å². The van der Waals surface area contributed by atoms with Gasteiger partial charge < -0.3 is 10.4 Å². The largest absolute Gasteiger partial charge is 0.508 e. The molecule has 3 rings (SSSR count). The van der Waals surface area contributed by atoms with E-state index in [0.717, 1.165) is 11.8 Å². The lowest BCUT2D eigenvalue weighted by Gasteiger charge is -1.97. The van der Waals surface area contributed by atoms with Gasteiger partial charge in [-0.3, -0.25) is 4.79 Å². The van der Waals surface area contributed by atoms with Gasteiger partial charge in [0.25, 0.3) is 5.91 Å². The van der Waals surface area contributed by atoms with Gasteiger partial charge >= 0.3 is 0 Å². The average molecular weight is 314 g/mol. The summed E-state index contributed by atoms with van der Waals surface area (Å²) in [5.41, 5.74) is 0.869. The van der Waals surface area contributed by atoms with Crippen LogP contribution in [0.4, 0.5) is 10.1 Å². The molecule has 2 aromatic carbocycles. The molecule has 1 amide bonds. The van der Waals surface area contributed by atoms with Gasteiger partial charge in [-0.1, -0.05) is 24.3 Å². The number of hydrogen-bond donors (Lipinski definition) is 2. The molecule has 2 aromatic rings. The van der Waals surface area contributed by atoms with E-state index in [1.165, 1.54) is 24.3 Å². The molecule has 110 valence electrons. The Morgan fingerprint density at radius 3 is 2.77 bits per heavy atom. The van der Waals surface area contributed by atoms with Crippen LogP contribution in [0.1, 0.15) is 5.56 Å². The van der Waals surface area contributed by atoms with Crippen molar-refractivity contribution in [2.45, 2.75) is 0 Å². The van der Waals surface area contributed by atoms with Crippen molar-refractivity contribution in [3.63, 3.8) is 0 Å². The number of nitrogens with one attached hydrogen (secondary N) is 1. The second-order valence-electron chi connectivity index (χ2n) is 4.52. The Balaban J connectivity index is 1.86. The third-order valence-corrected chi connectivity index (χ3v) is 3.81. The van der Waals surface area contributed by atoms with Gasteiger partial charge in [-0.05, 0) is 36.0 Å². The van der Waals surface area contributed by atoms with Crippen molar-refractivity contribution in [2.24, 2.45) is 4.99 Å². The number of amidine groups is 1. The van der Waals surface area contributed by atoms with Gasteiger partial charge in [-0.2, -0.15) is 0 Å². The van der Waals surface area contributed by atoms with Gasteiger partial charge in [0.15, 0.2) is 5.17 Å². The Kier molecular flexibility index (Phi) is 3.93. The molecule has 0 bridgehead atoms. The first-order valence-corrected chi connectivity index (χ1v) is 7.26. The van der Waals surface area contributed by atoms with Crippen LogP contribution >= 0.6 is 11.8 Å². The highest BCUT2D eigenvalue weighted by molar-refractivity contribution is 8.18. The summed E-state index contributed by atoms with van der Waals surface area (Å²) in [5, 5.41) is 12.4. The zero-order chi connectivity index (χ0) is 15.5. The minimum atomic E-state index is -0.387. The number of aromatic hydroxyl groups is 1. The van der Waals surface area contributed by atoms with Crippen molar-refractivity contribution in [2.75, 3.05) is 0 Å². The van der Waals surface area contributed by atoms with Gasteiger partial charge in [-0.25, -0.2) is 9.38 Å². The average Bonchev–Trinajstić information content (AvgIpc) is 2.81. The van der Waals surface area contributed by atoms with E-state index in [1.54, 1.807) is 30.3 Å². The molecular weight excluding hydrogens is 303 g/mol. The number of carbonyl (C=O) groups excluding carboxylic acids is 1. The SMILES string of the molecule is O=C1NC(=Nc2cccc(O)c2)S/C1=C\c1ccccc1F. The first-order chi connectivity index (χ1) is 10.6. The number of phenolic OH excluding ortho intramolecular Hbond substituents is 1. The number of aliphatic imine (C=N–C) groups is 1. The zero-order valence-electron chi connectivity index (χ0n) is 11.3. The summed E-state index contributed by atoms with van der Waals surface area (Å²) in [6.07, 6.45) is 1.49. The molecule has 0 radical (unpaired) electrons. The van der Waals surface area contributed by atoms with E-state index < -0.39 is 0 Å². The summed E-state index contributed by atoms with van der Waals surface area (Å²) >= 11 is 1.13. The van der Waals surface area contributed by atoms with Crippen molar-refractivity contribution < 1.29 is 14.3 Å². The summed E-state index contributed by atoms with van der Waals surface area (Å²) in [4.78, 5) is 16.5. The van der Waals surface area contributed by atoms with E-state index in [4.69, 9.17) is 0 Å². The molecule has 1 fully saturated rings. The summed E-state index contributed by atoms with van der Waals surface area (Å²) in [6.45, 7) is 0. The molecule has 1 aliphatic heterocycles. The molecule has 0 unspecified atom stereocenters. The van der Waals surface area contributed by atoms with Crippen LogP contribution in [-0.4, -0.2) is 16.2 Å². The molecule has 1 heterocycles. The summed E-state index contributed by atoms with van der Waals surface area (Å²) in [6, 6.07) is 12.6. The molecular formula is C16H11FN2O2S. The fourth-order valence-electron chi connectivity index (χ4n) is 1.89. The quantitative estimate of drug-likeness (QED) is 0.835. The van der Waals surface area contributed by atoms with E-state index in [2.05, 4.69) is 10.3 Å². The standard InChI is InChI=1S/C16H11FN2O2S/c17-13-7-2-1-4-10(13)8-14-15(21)19-16(22-14)18-11-5-3-6-12(20)9-11/h1-9,20H,(H,18,19,21)/b14-8-. The Labute approximate surface area is 130 Å². The molecule has 4 nitrogen and oxygen atoms in total. The van der Waals surface area contributed by atoms with Crippen LogP contribution in [0.15, 0.2) is 58.4 Å². The van der Waals surface area contributed by atoms with Crippen molar-refractivity contribution in [3.05, 3.63) is 64.8 Å². The van der Waals surface area contributed by atoms with Crippen molar-refractivity contribution in [1.29, 1.82) is 0 Å². The summed E-state index contributed by atoms with van der Waals surface area (Å²) < 4.78 is 13.6. The first kappa shape index (κ1) is 14.3. The number of hydrogen-bond acceptors (Lipinski definition) is 4. The number of rotatable bonds is 2. The third-order valence-electron chi connectivity index (χ3n) is 2.90. The fourth-order valence-corrected chi connectivity index (χ4v) is 2.73. The number of halogens is 1. The zero-order valence-corrected chi connectivity index (χ0v) is 12.1. The second kappa shape index (κ2) is 6.03. The number of amides is 1. The van der Waals surface area contributed by atoms with Crippen LogP contribution in [0.25, 0.3) is 6.08 Å². The fraction of sp³-hybridized carbons (Fsp3) is 0. The lowest BCUT2D eigenvalue weighted by atomic mass is 10.2. The van der Waals surface area contributed by atoms with Crippen molar-refractivity contribution in [3.8, 4) is 5.75 Å². The normalized spacial score (nSPS) is 18.0. The maximum Gasteiger partial charge on any atom is 0.264 e. The molecule has 6 heteroatoms.